The summed E-state index contributed by atoms with van der Waals surface area (Å²) in [6.45, 7) is 10.5. The molecule has 5 heteroatoms. The van der Waals surface area contributed by atoms with Crippen molar-refractivity contribution in [2.24, 2.45) is 5.73 Å². The first-order valence-corrected chi connectivity index (χ1v) is 8.01. The molecule has 0 aliphatic carbocycles. The van der Waals surface area contributed by atoms with E-state index in [4.69, 9.17) is 14.6 Å². The van der Waals surface area contributed by atoms with Gasteiger partial charge in [0.25, 0.3) is 0 Å². The lowest BCUT2D eigenvalue weighted by atomic mass is 10.2. The summed E-state index contributed by atoms with van der Waals surface area (Å²) >= 11 is 0. The molecular formula is C11H28N2O2Si. The summed E-state index contributed by atoms with van der Waals surface area (Å²) in [6, 6.07) is 0. The Morgan fingerprint density at radius 3 is 2.31 bits per heavy atom. The maximum atomic E-state index is 5.70. The van der Waals surface area contributed by atoms with Crippen molar-refractivity contribution in [1.82, 2.24) is 5.32 Å². The molecule has 0 amide bonds. The van der Waals surface area contributed by atoms with Gasteiger partial charge < -0.3 is 19.9 Å². The average molecular weight is 248 g/mol. The molecule has 0 aromatic carbocycles. The fourth-order valence-electron chi connectivity index (χ4n) is 1.62. The topological polar surface area (TPSA) is 56.5 Å². The standard InChI is InChI=1S/C11H28N2O2Si/c1-4-14-16(15-5-2)11(3)7-6-9-13-10-8-12/h11,13,16H,4-10,12H2,1-3H3. The smallest absolute Gasteiger partial charge is 0.324 e. The first kappa shape index (κ1) is 16.1. The molecular weight excluding hydrogens is 220 g/mol. The van der Waals surface area contributed by atoms with Gasteiger partial charge in [0.15, 0.2) is 0 Å². The van der Waals surface area contributed by atoms with E-state index in [0.29, 0.717) is 12.1 Å². The highest BCUT2D eigenvalue weighted by atomic mass is 28.3. The van der Waals surface area contributed by atoms with E-state index in [1.807, 2.05) is 13.8 Å². The van der Waals surface area contributed by atoms with E-state index < -0.39 is 9.28 Å². The zero-order valence-corrected chi connectivity index (χ0v) is 12.2. The number of nitrogens with two attached hydrogens (primary N) is 1. The van der Waals surface area contributed by atoms with Gasteiger partial charge in [-0.25, -0.2) is 0 Å². The van der Waals surface area contributed by atoms with E-state index in [0.717, 1.165) is 26.3 Å². The van der Waals surface area contributed by atoms with Gasteiger partial charge in [0, 0.05) is 26.3 Å². The van der Waals surface area contributed by atoms with E-state index in [1.54, 1.807) is 0 Å². The number of nitrogens with one attached hydrogen (secondary N) is 1. The van der Waals surface area contributed by atoms with Crippen LogP contribution in [0.25, 0.3) is 0 Å². The second-order valence-corrected chi connectivity index (χ2v) is 6.48. The molecule has 1 unspecified atom stereocenters. The van der Waals surface area contributed by atoms with Crippen LogP contribution in [0.2, 0.25) is 5.54 Å². The molecule has 3 N–H and O–H groups in total. The van der Waals surface area contributed by atoms with Crippen molar-refractivity contribution in [1.29, 1.82) is 0 Å². The summed E-state index contributed by atoms with van der Waals surface area (Å²) in [6.07, 6.45) is 2.35. The molecule has 0 rings (SSSR count). The van der Waals surface area contributed by atoms with Crippen LogP contribution in [0.1, 0.15) is 33.6 Å². The lowest BCUT2D eigenvalue weighted by molar-refractivity contribution is 0.203. The minimum atomic E-state index is -1.44. The third kappa shape index (κ3) is 8.24. The summed E-state index contributed by atoms with van der Waals surface area (Å²) in [5.74, 6) is 0. The summed E-state index contributed by atoms with van der Waals surface area (Å²) in [5, 5.41) is 3.30. The molecule has 0 aromatic rings. The lowest BCUT2D eigenvalue weighted by Crippen LogP contribution is -2.29. The monoisotopic (exact) mass is 248 g/mol. The van der Waals surface area contributed by atoms with Gasteiger partial charge in [-0.05, 0) is 38.8 Å². The Balaban J connectivity index is 3.60. The van der Waals surface area contributed by atoms with E-state index in [1.165, 1.54) is 12.8 Å². The van der Waals surface area contributed by atoms with E-state index in [2.05, 4.69) is 12.2 Å². The summed E-state index contributed by atoms with van der Waals surface area (Å²) in [4.78, 5) is 0. The number of hydrogen-bond acceptors (Lipinski definition) is 4. The predicted octanol–water partition coefficient (Wildman–Crippen LogP) is 0.998. The molecule has 0 saturated carbocycles. The van der Waals surface area contributed by atoms with Crippen LogP contribution < -0.4 is 11.1 Å². The van der Waals surface area contributed by atoms with Gasteiger partial charge in [-0.2, -0.15) is 0 Å². The van der Waals surface area contributed by atoms with Gasteiger partial charge >= 0.3 is 9.28 Å². The Morgan fingerprint density at radius 1 is 1.19 bits per heavy atom. The van der Waals surface area contributed by atoms with Crippen LogP contribution >= 0.6 is 0 Å². The molecule has 0 bridgehead atoms. The van der Waals surface area contributed by atoms with Crippen molar-refractivity contribution in [3.8, 4) is 0 Å². The highest BCUT2D eigenvalue weighted by Gasteiger charge is 2.20. The fourth-order valence-corrected chi connectivity index (χ4v) is 3.54. The van der Waals surface area contributed by atoms with E-state index in [-0.39, 0.29) is 0 Å². The summed E-state index contributed by atoms with van der Waals surface area (Å²) < 4.78 is 11.4. The maximum absolute atomic E-state index is 5.70. The first-order valence-electron chi connectivity index (χ1n) is 6.40. The summed E-state index contributed by atoms with van der Waals surface area (Å²) in [7, 11) is -1.44. The minimum Gasteiger partial charge on any atom is -0.397 e. The van der Waals surface area contributed by atoms with Crippen LogP contribution in [0, 0.1) is 0 Å². The van der Waals surface area contributed by atoms with Crippen LogP contribution in [0.15, 0.2) is 0 Å². The highest BCUT2D eigenvalue weighted by Crippen LogP contribution is 2.18. The van der Waals surface area contributed by atoms with Crippen molar-refractivity contribution >= 4 is 9.28 Å². The van der Waals surface area contributed by atoms with Crippen molar-refractivity contribution in [2.45, 2.75) is 39.2 Å². The van der Waals surface area contributed by atoms with Crippen molar-refractivity contribution in [2.75, 3.05) is 32.8 Å². The molecule has 0 heterocycles. The van der Waals surface area contributed by atoms with Gasteiger partial charge in [0.2, 0.25) is 0 Å². The van der Waals surface area contributed by atoms with Crippen LogP contribution in [0.5, 0.6) is 0 Å². The quantitative estimate of drug-likeness (QED) is 0.423. The van der Waals surface area contributed by atoms with Crippen LogP contribution in [0.3, 0.4) is 0 Å². The Labute approximate surface area is 102 Å². The van der Waals surface area contributed by atoms with Gasteiger partial charge in [-0.1, -0.05) is 6.92 Å². The second kappa shape index (κ2) is 11.5. The Bertz CT molecular complexity index is 144. The van der Waals surface area contributed by atoms with Crippen LogP contribution in [-0.2, 0) is 8.85 Å². The third-order valence-electron chi connectivity index (χ3n) is 2.46. The highest BCUT2D eigenvalue weighted by molar-refractivity contribution is 6.46. The fraction of sp³-hybridized carbons (Fsp3) is 1.00. The SMILES string of the molecule is CCO[SiH](OCC)C(C)CCCNCCN. The molecule has 1 atom stereocenters. The van der Waals surface area contributed by atoms with Crippen LogP contribution in [-0.4, -0.2) is 42.1 Å². The molecule has 0 aliphatic rings. The normalized spacial score (nSPS) is 13.3. The number of hydrogen-bond donors (Lipinski definition) is 2. The molecule has 0 fully saturated rings. The van der Waals surface area contributed by atoms with Crippen molar-refractivity contribution in [3.05, 3.63) is 0 Å². The Kier molecular flexibility index (Phi) is 11.6. The molecule has 0 radical (unpaired) electrons. The Morgan fingerprint density at radius 2 is 1.81 bits per heavy atom. The largest absolute Gasteiger partial charge is 0.397 e. The molecule has 4 nitrogen and oxygen atoms in total. The van der Waals surface area contributed by atoms with E-state index >= 15 is 0 Å². The molecule has 16 heavy (non-hydrogen) atoms. The van der Waals surface area contributed by atoms with Gasteiger partial charge in [-0.3, -0.25) is 0 Å². The van der Waals surface area contributed by atoms with E-state index in [9.17, 15) is 0 Å². The maximum Gasteiger partial charge on any atom is 0.324 e. The Hall–Kier alpha value is 0.0569. The first-order chi connectivity index (χ1) is 7.76. The minimum absolute atomic E-state index is 0.583. The van der Waals surface area contributed by atoms with Gasteiger partial charge in [0.1, 0.15) is 0 Å². The van der Waals surface area contributed by atoms with Crippen molar-refractivity contribution < 1.29 is 8.85 Å². The zero-order chi connectivity index (χ0) is 12.2. The van der Waals surface area contributed by atoms with Crippen molar-refractivity contribution in [3.63, 3.8) is 0 Å². The molecule has 0 saturated heterocycles. The lowest BCUT2D eigenvalue weighted by Gasteiger charge is -2.21. The average Bonchev–Trinajstić information content (AvgIpc) is 2.28. The van der Waals surface area contributed by atoms with Gasteiger partial charge in [0.05, 0.1) is 0 Å². The zero-order valence-electron chi connectivity index (χ0n) is 11.0. The van der Waals surface area contributed by atoms with Crippen LogP contribution in [0.4, 0.5) is 0 Å². The molecule has 0 aromatic heterocycles. The molecule has 0 spiro atoms. The predicted molar refractivity (Wildman–Crippen MR) is 71.0 cm³/mol. The molecule has 0 aliphatic heterocycles. The third-order valence-corrected chi connectivity index (χ3v) is 5.05. The molecule has 98 valence electrons. The second-order valence-electron chi connectivity index (χ2n) is 3.94. The number of rotatable bonds is 11. The summed E-state index contributed by atoms with van der Waals surface area (Å²) in [5.41, 5.74) is 5.99. The van der Waals surface area contributed by atoms with Gasteiger partial charge in [-0.15, -0.1) is 0 Å².